The average molecular weight is 223 g/mol. The van der Waals surface area contributed by atoms with E-state index >= 15 is 0 Å². The molecule has 3 rings (SSSR count). The molecule has 1 aliphatic carbocycles. The van der Waals surface area contributed by atoms with Crippen molar-refractivity contribution in [1.82, 2.24) is 5.32 Å². The highest BCUT2D eigenvalue weighted by Crippen LogP contribution is 2.46. The number of ether oxygens (including phenoxy) is 1. The van der Waals surface area contributed by atoms with Gasteiger partial charge < -0.3 is 10.1 Å². The van der Waals surface area contributed by atoms with E-state index in [0.717, 1.165) is 5.92 Å². The van der Waals surface area contributed by atoms with Crippen molar-refractivity contribution in [2.45, 2.75) is 25.7 Å². The molecule has 0 radical (unpaired) electrons. The smallest absolute Gasteiger partial charge is 0.205 e. The third kappa shape index (κ3) is 3.49. The lowest BCUT2D eigenvalue weighted by Gasteiger charge is -1.94. The molecule has 88 valence electrons. The van der Waals surface area contributed by atoms with Crippen molar-refractivity contribution < 1.29 is 9.13 Å². The van der Waals surface area contributed by atoms with Crippen molar-refractivity contribution in [1.29, 1.82) is 0 Å². The summed E-state index contributed by atoms with van der Waals surface area (Å²) in [5.74, 6) is 1.93. The zero-order valence-electron chi connectivity index (χ0n) is 9.63. The molecule has 1 heterocycles. The third-order valence-electron chi connectivity index (χ3n) is 2.84. The van der Waals surface area contributed by atoms with E-state index in [-0.39, 0.29) is 5.82 Å². The van der Waals surface area contributed by atoms with Crippen LogP contribution in [0.1, 0.15) is 25.7 Å². The van der Waals surface area contributed by atoms with Crippen LogP contribution in [0.2, 0.25) is 0 Å². The van der Waals surface area contributed by atoms with Crippen molar-refractivity contribution in [3.05, 3.63) is 24.0 Å². The van der Waals surface area contributed by atoms with Gasteiger partial charge >= 0.3 is 0 Å². The molecule has 1 fully saturated rings. The van der Waals surface area contributed by atoms with E-state index in [4.69, 9.17) is 4.74 Å². The van der Waals surface area contributed by atoms with Crippen LogP contribution in [-0.4, -0.2) is 13.6 Å². The van der Waals surface area contributed by atoms with Crippen LogP contribution in [0.15, 0.2) is 18.2 Å². The SMILES string of the molecule is CNCCCC1CC1.Fc1cccc2c1O2. The van der Waals surface area contributed by atoms with Gasteiger partial charge in [0.2, 0.25) is 5.75 Å². The Morgan fingerprint density at radius 1 is 1.44 bits per heavy atom. The molecule has 3 heteroatoms. The molecule has 2 nitrogen and oxygen atoms in total. The van der Waals surface area contributed by atoms with E-state index < -0.39 is 0 Å². The van der Waals surface area contributed by atoms with Gasteiger partial charge in [0, 0.05) is 0 Å². The second-order valence-electron chi connectivity index (χ2n) is 4.36. The minimum atomic E-state index is -0.262. The quantitative estimate of drug-likeness (QED) is 0.635. The van der Waals surface area contributed by atoms with Crippen LogP contribution in [0.4, 0.5) is 4.39 Å². The van der Waals surface area contributed by atoms with E-state index in [9.17, 15) is 4.39 Å². The van der Waals surface area contributed by atoms with Crippen LogP contribution in [0.3, 0.4) is 0 Å². The van der Waals surface area contributed by atoms with Gasteiger partial charge in [-0.05, 0) is 44.5 Å². The predicted octanol–water partition coefficient (Wildman–Crippen LogP) is 3.33. The van der Waals surface area contributed by atoms with E-state index in [1.54, 1.807) is 12.1 Å². The maximum absolute atomic E-state index is 12.2. The minimum Gasteiger partial charge on any atom is -0.446 e. The molecule has 1 aromatic carbocycles. The van der Waals surface area contributed by atoms with Crippen molar-refractivity contribution in [3.8, 4) is 11.5 Å². The van der Waals surface area contributed by atoms with Crippen LogP contribution in [0, 0.1) is 11.7 Å². The summed E-state index contributed by atoms with van der Waals surface area (Å²) in [4.78, 5) is 0. The normalized spacial score (nSPS) is 15.6. The Hall–Kier alpha value is -1.09. The first kappa shape index (κ1) is 11.4. The summed E-state index contributed by atoms with van der Waals surface area (Å²) in [5.41, 5.74) is 0. The molecule has 0 spiro atoms. The van der Waals surface area contributed by atoms with Crippen molar-refractivity contribution >= 4 is 0 Å². The van der Waals surface area contributed by atoms with Crippen molar-refractivity contribution in [2.75, 3.05) is 13.6 Å². The van der Waals surface area contributed by atoms with Crippen LogP contribution < -0.4 is 10.1 Å². The monoisotopic (exact) mass is 223 g/mol. The molecule has 1 saturated carbocycles. The first-order valence-electron chi connectivity index (χ1n) is 5.92. The van der Waals surface area contributed by atoms with Crippen molar-refractivity contribution in [2.24, 2.45) is 5.92 Å². The highest BCUT2D eigenvalue weighted by molar-refractivity contribution is 5.54. The van der Waals surface area contributed by atoms with Crippen LogP contribution in [0.5, 0.6) is 11.5 Å². The summed E-state index contributed by atoms with van der Waals surface area (Å²) in [6, 6.07) is 4.74. The van der Waals surface area contributed by atoms with Crippen LogP contribution >= 0.6 is 0 Å². The third-order valence-corrected chi connectivity index (χ3v) is 2.84. The Morgan fingerprint density at radius 3 is 2.81 bits per heavy atom. The van der Waals surface area contributed by atoms with Crippen LogP contribution in [-0.2, 0) is 0 Å². The van der Waals surface area contributed by atoms with E-state index in [1.165, 1.54) is 38.3 Å². The maximum atomic E-state index is 12.2. The molecule has 1 aliphatic heterocycles. The van der Waals surface area contributed by atoms with Gasteiger partial charge in [-0.25, -0.2) is 4.39 Å². The molecule has 0 bridgehead atoms. The number of hydrogen-bond donors (Lipinski definition) is 1. The summed E-state index contributed by atoms with van der Waals surface area (Å²) in [6.07, 6.45) is 5.84. The number of nitrogens with one attached hydrogen (secondary N) is 1. The zero-order valence-corrected chi connectivity index (χ0v) is 9.63. The second kappa shape index (κ2) is 5.30. The Kier molecular flexibility index (Phi) is 3.78. The van der Waals surface area contributed by atoms with Gasteiger partial charge in [0.25, 0.3) is 0 Å². The lowest BCUT2D eigenvalue weighted by molar-refractivity contribution is 0.572. The summed E-state index contributed by atoms with van der Waals surface area (Å²) >= 11 is 0. The summed E-state index contributed by atoms with van der Waals surface area (Å²) < 4.78 is 16.9. The van der Waals surface area contributed by atoms with Gasteiger partial charge in [-0.15, -0.1) is 0 Å². The molecule has 0 unspecified atom stereocenters. The summed E-state index contributed by atoms with van der Waals surface area (Å²) in [6.45, 7) is 1.20. The molecule has 2 aliphatic rings. The summed E-state index contributed by atoms with van der Waals surface area (Å²) in [7, 11) is 2.02. The topological polar surface area (TPSA) is 24.6 Å². The first-order valence-corrected chi connectivity index (χ1v) is 5.92. The molecular formula is C13H18FNO. The number of rotatable bonds is 4. The maximum Gasteiger partial charge on any atom is 0.205 e. The number of hydrogen-bond acceptors (Lipinski definition) is 2. The highest BCUT2D eigenvalue weighted by Gasteiger charge is 2.23. The fourth-order valence-corrected chi connectivity index (χ4v) is 1.63. The lowest BCUT2D eigenvalue weighted by Crippen LogP contribution is -2.07. The largest absolute Gasteiger partial charge is 0.446 e. The van der Waals surface area contributed by atoms with Crippen molar-refractivity contribution in [3.63, 3.8) is 0 Å². The standard InChI is InChI=1S/C7H15N.C6H3FO/c1-8-6-2-3-7-4-5-7;7-4-2-1-3-5-6(4)8-5/h7-8H,2-6H2,1H3;1-3H. The molecule has 1 aromatic rings. The number of halogens is 1. The fourth-order valence-electron chi connectivity index (χ4n) is 1.63. The van der Waals surface area contributed by atoms with Gasteiger partial charge in [-0.1, -0.05) is 18.9 Å². The fraction of sp³-hybridized carbons (Fsp3) is 0.538. The van der Waals surface area contributed by atoms with Gasteiger partial charge in [-0.2, -0.15) is 0 Å². The van der Waals surface area contributed by atoms with Gasteiger partial charge in [0.05, 0.1) is 0 Å². The number of para-hydroxylation sites is 1. The van der Waals surface area contributed by atoms with Gasteiger partial charge in [0.15, 0.2) is 11.6 Å². The molecule has 0 amide bonds. The molecule has 0 aromatic heterocycles. The number of fused-ring (bicyclic) bond motifs is 1. The Labute approximate surface area is 95.8 Å². The summed E-state index contributed by atoms with van der Waals surface area (Å²) in [5, 5.41) is 3.15. The highest BCUT2D eigenvalue weighted by atomic mass is 19.1. The Morgan fingerprint density at radius 2 is 2.25 bits per heavy atom. The second-order valence-corrected chi connectivity index (χ2v) is 4.36. The van der Waals surface area contributed by atoms with E-state index in [2.05, 4.69) is 5.32 Å². The molecule has 0 saturated heterocycles. The average Bonchev–Trinajstić information content (AvgIpc) is 3.14. The molecule has 0 atom stereocenters. The first-order chi connectivity index (χ1) is 7.81. The zero-order chi connectivity index (χ0) is 11.4. The van der Waals surface area contributed by atoms with Gasteiger partial charge in [0.1, 0.15) is 0 Å². The molecular weight excluding hydrogens is 205 g/mol. The lowest BCUT2D eigenvalue weighted by atomic mass is 10.2. The van der Waals surface area contributed by atoms with E-state index in [1.807, 2.05) is 7.05 Å². The number of benzene rings is 1. The Balaban J connectivity index is 0.000000120. The van der Waals surface area contributed by atoms with E-state index in [0.29, 0.717) is 11.5 Å². The molecule has 16 heavy (non-hydrogen) atoms. The predicted molar refractivity (Wildman–Crippen MR) is 62.4 cm³/mol. The molecule has 1 N–H and O–H groups in total. The van der Waals surface area contributed by atoms with Gasteiger partial charge in [-0.3, -0.25) is 0 Å². The minimum absolute atomic E-state index is 0.262. The van der Waals surface area contributed by atoms with Crippen LogP contribution in [0.25, 0.3) is 0 Å². The Bertz CT molecular complexity index is 350.